The molecule has 0 saturated heterocycles. The van der Waals surface area contributed by atoms with Crippen LogP contribution < -0.4 is 5.32 Å². The van der Waals surface area contributed by atoms with Crippen LogP contribution in [-0.4, -0.2) is 13.1 Å². The van der Waals surface area contributed by atoms with Gasteiger partial charge in [0.2, 0.25) is 0 Å². The van der Waals surface area contributed by atoms with E-state index < -0.39 is 0 Å². The Bertz CT molecular complexity index is 438. The molecule has 1 aliphatic carbocycles. The lowest BCUT2D eigenvalue weighted by atomic mass is 9.78. The summed E-state index contributed by atoms with van der Waals surface area (Å²) in [5, 5.41) is 5.12. The number of rotatable bonds is 5. The van der Waals surface area contributed by atoms with Gasteiger partial charge < -0.3 is 5.32 Å². The number of hydrogen-bond acceptors (Lipinski definition) is 1. The zero-order valence-corrected chi connectivity index (χ0v) is 13.1. The maximum Gasteiger partial charge on any atom is 0.0459 e. The fourth-order valence-electron chi connectivity index (χ4n) is 2.74. The molecule has 19 heavy (non-hydrogen) atoms. The summed E-state index contributed by atoms with van der Waals surface area (Å²) >= 11 is 12.8. The third-order valence-electron chi connectivity index (χ3n) is 3.69. The van der Waals surface area contributed by atoms with Gasteiger partial charge in [0.25, 0.3) is 0 Å². The van der Waals surface area contributed by atoms with E-state index in [9.17, 15) is 0 Å². The molecule has 0 radical (unpaired) electrons. The summed E-state index contributed by atoms with van der Waals surface area (Å²) in [6, 6.07) is 5.78. The predicted octanol–water partition coefficient (Wildman–Crippen LogP) is 4.83. The summed E-state index contributed by atoms with van der Waals surface area (Å²) in [7, 11) is 0. The van der Waals surface area contributed by atoms with Crippen molar-refractivity contribution >= 4 is 23.2 Å². The Balaban J connectivity index is 2.24. The Hall–Kier alpha value is -0.500. The zero-order chi connectivity index (χ0) is 13.9. The zero-order valence-electron chi connectivity index (χ0n) is 11.5. The van der Waals surface area contributed by atoms with Crippen molar-refractivity contribution < 1.29 is 0 Å². The van der Waals surface area contributed by atoms with E-state index in [1.807, 2.05) is 18.2 Å². The van der Waals surface area contributed by atoms with Crippen LogP contribution in [0.25, 0.3) is 0 Å². The SMILES string of the molecule is CC(C)CNCC1(c2c(Cl)cccc2Cl)CC=CC1. The van der Waals surface area contributed by atoms with Gasteiger partial charge in [-0.1, -0.05) is 55.3 Å². The molecule has 104 valence electrons. The van der Waals surface area contributed by atoms with Crippen LogP contribution in [0.15, 0.2) is 30.4 Å². The van der Waals surface area contributed by atoms with Crippen molar-refractivity contribution in [2.24, 2.45) is 5.92 Å². The van der Waals surface area contributed by atoms with Crippen LogP contribution in [0.1, 0.15) is 32.3 Å². The van der Waals surface area contributed by atoms with Gasteiger partial charge in [0.05, 0.1) is 0 Å². The number of benzene rings is 1. The molecule has 1 N–H and O–H groups in total. The van der Waals surface area contributed by atoms with Crippen LogP contribution in [0, 0.1) is 5.92 Å². The molecular weight excluding hydrogens is 277 g/mol. The summed E-state index contributed by atoms with van der Waals surface area (Å²) in [6.07, 6.45) is 6.47. The molecule has 0 atom stereocenters. The minimum Gasteiger partial charge on any atom is -0.316 e. The predicted molar refractivity (Wildman–Crippen MR) is 84.2 cm³/mol. The summed E-state index contributed by atoms with van der Waals surface area (Å²) in [5.74, 6) is 0.646. The molecule has 0 aliphatic heterocycles. The number of nitrogens with one attached hydrogen (secondary N) is 1. The molecule has 1 aliphatic rings. The summed E-state index contributed by atoms with van der Waals surface area (Å²) in [4.78, 5) is 0. The lowest BCUT2D eigenvalue weighted by Gasteiger charge is -2.32. The van der Waals surface area contributed by atoms with E-state index in [-0.39, 0.29) is 5.41 Å². The third-order valence-corrected chi connectivity index (χ3v) is 4.32. The first-order valence-electron chi connectivity index (χ1n) is 6.85. The van der Waals surface area contributed by atoms with Crippen LogP contribution in [0.2, 0.25) is 10.0 Å². The summed E-state index contributed by atoms with van der Waals surface area (Å²) < 4.78 is 0. The Morgan fingerprint density at radius 1 is 1.16 bits per heavy atom. The molecule has 1 aromatic carbocycles. The molecule has 3 heteroatoms. The quantitative estimate of drug-likeness (QED) is 0.768. The summed E-state index contributed by atoms with van der Waals surface area (Å²) in [6.45, 7) is 6.37. The van der Waals surface area contributed by atoms with Gasteiger partial charge in [0.15, 0.2) is 0 Å². The van der Waals surface area contributed by atoms with E-state index in [0.29, 0.717) is 5.92 Å². The first-order chi connectivity index (χ1) is 9.05. The monoisotopic (exact) mass is 297 g/mol. The first kappa shape index (κ1) is 14.9. The van der Waals surface area contributed by atoms with Crippen molar-refractivity contribution in [2.45, 2.75) is 32.1 Å². The van der Waals surface area contributed by atoms with Crippen LogP contribution in [-0.2, 0) is 5.41 Å². The second-order valence-corrected chi connectivity index (χ2v) is 6.60. The Kier molecular flexibility index (Phi) is 4.94. The number of halogens is 2. The van der Waals surface area contributed by atoms with Gasteiger partial charge in [0, 0.05) is 22.0 Å². The number of allylic oxidation sites excluding steroid dienone is 2. The smallest absolute Gasteiger partial charge is 0.0459 e. The van der Waals surface area contributed by atoms with Crippen LogP contribution in [0.3, 0.4) is 0 Å². The highest BCUT2D eigenvalue weighted by Crippen LogP contribution is 2.43. The maximum absolute atomic E-state index is 6.40. The highest BCUT2D eigenvalue weighted by molar-refractivity contribution is 6.36. The van der Waals surface area contributed by atoms with Crippen molar-refractivity contribution in [2.75, 3.05) is 13.1 Å². The van der Waals surface area contributed by atoms with Crippen molar-refractivity contribution in [1.29, 1.82) is 0 Å². The Labute approximate surface area is 126 Å². The molecule has 1 aromatic rings. The fourth-order valence-corrected chi connectivity index (χ4v) is 3.54. The molecule has 0 unspecified atom stereocenters. The average Bonchev–Trinajstić information content (AvgIpc) is 2.78. The standard InChI is InChI=1S/C16H21Cl2N/c1-12(2)10-19-11-16(8-3-4-9-16)15-13(17)6-5-7-14(15)18/h3-7,12,19H,8-11H2,1-2H3. The third kappa shape index (κ3) is 3.34. The van der Waals surface area contributed by atoms with Crippen molar-refractivity contribution in [1.82, 2.24) is 5.32 Å². The average molecular weight is 298 g/mol. The van der Waals surface area contributed by atoms with Gasteiger partial charge >= 0.3 is 0 Å². The minimum atomic E-state index is 0.0182. The van der Waals surface area contributed by atoms with Gasteiger partial charge in [-0.25, -0.2) is 0 Å². The summed E-state index contributed by atoms with van der Waals surface area (Å²) in [5.41, 5.74) is 1.12. The van der Waals surface area contributed by atoms with Gasteiger partial charge in [-0.2, -0.15) is 0 Å². The highest BCUT2D eigenvalue weighted by Gasteiger charge is 2.36. The Morgan fingerprint density at radius 3 is 2.26 bits per heavy atom. The molecule has 0 fully saturated rings. The molecule has 1 nitrogen and oxygen atoms in total. The van der Waals surface area contributed by atoms with E-state index in [1.165, 1.54) is 0 Å². The largest absolute Gasteiger partial charge is 0.316 e. The van der Waals surface area contributed by atoms with Crippen LogP contribution in [0.5, 0.6) is 0 Å². The maximum atomic E-state index is 6.40. The van der Waals surface area contributed by atoms with Crippen molar-refractivity contribution in [3.63, 3.8) is 0 Å². The van der Waals surface area contributed by atoms with Gasteiger partial charge in [0.1, 0.15) is 0 Å². The van der Waals surface area contributed by atoms with E-state index >= 15 is 0 Å². The van der Waals surface area contributed by atoms with Gasteiger partial charge in [-0.3, -0.25) is 0 Å². The molecule has 0 bridgehead atoms. The van der Waals surface area contributed by atoms with E-state index in [1.54, 1.807) is 0 Å². The topological polar surface area (TPSA) is 12.0 Å². The molecule has 2 rings (SSSR count). The van der Waals surface area contributed by atoms with E-state index in [4.69, 9.17) is 23.2 Å². The van der Waals surface area contributed by atoms with Crippen molar-refractivity contribution in [3.05, 3.63) is 46.0 Å². The molecule has 0 amide bonds. The van der Waals surface area contributed by atoms with Gasteiger partial charge in [-0.15, -0.1) is 0 Å². The lowest BCUT2D eigenvalue weighted by molar-refractivity contribution is 0.403. The minimum absolute atomic E-state index is 0.0182. The molecular formula is C16H21Cl2N. The number of hydrogen-bond donors (Lipinski definition) is 1. The van der Waals surface area contributed by atoms with Gasteiger partial charge in [-0.05, 0) is 43.0 Å². The first-order valence-corrected chi connectivity index (χ1v) is 7.61. The van der Waals surface area contributed by atoms with Crippen LogP contribution >= 0.6 is 23.2 Å². The second-order valence-electron chi connectivity index (χ2n) is 5.78. The second kappa shape index (κ2) is 6.30. The molecule has 0 spiro atoms. The van der Waals surface area contributed by atoms with Crippen molar-refractivity contribution in [3.8, 4) is 0 Å². The molecule has 0 saturated carbocycles. The van der Waals surface area contributed by atoms with E-state index in [0.717, 1.165) is 41.5 Å². The normalized spacial score (nSPS) is 17.3. The lowest BCUT2D eigenvalue weighted by Crippen LogP contribution is -2.38. The molecule has 0 aromatic heterocycles. The fraction of sp³-hybridized carbons (Fsp3) is 0.500. The van der Waals surface area contributed by atoms with Crippen LogP contribution in [0.4, 0.5) is 0 Å². The van der Waals surface area contributed by atoms with E-state index in [2.05, 4.69) is 31.3 Å². The Morgan fingerprint density at radius 2 is 1.74 bits per heavy atom. The molecule has 0 heterocycles. The highest BCUT2D eigenvalue weighted by atomic mass is 35.5.